The van der Waals surface area contributed by atoms with Crippen LogP contribution in [0.15, 0.2) is 10.1 Å². The molecule has 15 nitrogen and oxygen atoms in total. The normalized spacial score (nSPS) is 13.7. The second kappa shape index (κ2) is 45.6. The average Bonchev–Trinajstić information content (AvgIpc) is 3.24. The SMILES string of the molecule is CC(C)CON=C(C(C)C)C(C)C.CC(C)CP(=O)(CC(C)C)NC(C)C.CC(C)CP(=O)(O)N(C)C(C)C.CC(C)N(C(C)C)N(C(C)C)C(C)C.CC(C)N(C)P(=O)(O)N(C)C(C)C.CC(C)N=C(C(C)C)N(C(C)C)C(C)C. The maximum atomic E-state index is 12.5. The maximum Gasteiger partial charge on any atom is 0.343 e. The molecule has 0 saturated carbocycles. The summed E-state index contributed by atoms with van der Waals surface area (Å²) in [6.45, 7) is 77.3. The summed E-state index contributed by atoms with van der Waals surface area (Å²) in [7, 11) is -3.48. The smallest absolute Gasteiger partial charge is 0.343 e. The Kier molecular flexibility index (Phi) is 51.5. The number of rotatable bonds is 28. The highest BCUT2D eigenvalue weighted by atomic mass is 31.2. The summed E-state index contributed by atoms with van der Waals surface area (Å²) in [5, 5.41) is 12.4. The molecule has 1 unspecified atom stereocenters. The molecular weight excluding hydrogens is 1070 g/mol. The summed E-state index contributed by atoms with van der Waals surface area (Å²) >= 11 is 0. The molecule has 1 atom stereocenters. The quantitative estimate of drug-likeness (QED) is 0.0295. The van der Waals surface area contributed by atoms with E-state index in [1.165, 1.54) is 15.2 Å². The molecule has 0 aromatic rings. The molecule has 18 heteroatoms. The van der Waals surface area contributed by atoms with Gasteiger partial charge >= 0.3 is 7.67 Å². The molecule has 0 spiro atoms. The molecule has 0 saturated heterocycles. The summed E-state index contributed by atoms with van der Waals surface area (Å²) in [5.41, 5.74) is 1.15. The van der Waals surface area contributed by atoms with Gasteiger partial charge in [0.15, 0.2) is 0 Å². The summed E-state index contributed by atoms with van der Waals surface area (Å²) in [5.74, 6) is 4.52. The molecule has 0 aliphatic rings. The number of nitrogens with zero attached hydrogens (tertiary/aromatic N) is 8. The number of hydrazine groups is 1. The van der Waals surface area contributed by atoms with Gasteiger partial charge in [0.05, 0.1) is 5.71 Å². The van der Waals surface area contributed by atoms with E-state index in [9.17, 15) is 23.5 Å². The Labute approximate surface area is 507 Å². The molecule has 0 rings (SSSR count). The first-order valence-corrected chi connectivity index (χ1v) is 37.0. The van der Waals surface area contributed by atoms with Crippen molar-refractivity contribution < 1.29 is 28.3 Å². The Morgan fingerprint density at radius 2 is 0.728 bits per heavy atom. The highest BCUT2D eigenvalue weighted by molar-refractivity contribution is 7.61. The van der Waals surface area contributed by atoms with E-state index < -0.39 is 22.5 Å². The van der Waals surface area contributed by atoms with Gasteiger partial charge in [-0.25, -0.2) is 24.0 Å². The van der Waals surface area contributed by atoms with Gasteiger partial charge in [0.1, 0.15) is 19.7 Å². The lowest BCUT2D eigenvalue weighted by Gasteiger charge is -2.45. The van der Waals surface area contributed by atoms with Crippen molar-refractivity contribution in [2.75, 3.05) is 46.2 Å². The van der Waals surface area contributed by atoms with Crippen LogP contribution >= 0.6 is 22.5 Å². The van der Waals surface area contributed by atoms with Crippen LogP contribution in [0.1, 0.15) is 249 Å². The van der Waals surface area contributed by atoms with Crippen LogP contribution in [0.5, 0.6) is 0 Å². The van der Waals surface area contributed by atoms with Gasteiger partial charge in [-0.2, -0.15) is 0 Å². The van der Waals surface area contributed by atoms with Gasteiger partial charge in [-0.15, -0.1) is 0 Å². The fourth-order valence-corrected chi connectivity index (χ4v) is 16.2. The predicted octanol–water partition coefficient (Wildman–Crippen LogP) is 17.5. The number of nitrogens with one attached hydrogen (secondary N) is 1. The van der Waals surface area contributed by atoms with Gasteiger partial charge in [-0.3, -0.25) is 19.2 Å². The molecule has 0 radical (unpaired) electrons. The summed E-state index contributed by atoms with van der Waals surface area (Å²) in [6.07, 6.45) is 2.02. The Hall–Kier alpha value is -0.690. The Morgan fingerprint density at radius 3 is 0.926 bits per heavy atom. The standard InChI is InChI=1S/C13H28N2.C12H28N2.C11H26NOP.C11H23NO.C8H21N2O2P.C8H20NO2P/c1-9(2)13(14-10(3)4)15(11(5)6)12(7)8;1-9(2)13(10(3)4)14(11(5)6)12(7)8;1-9(2)7-14(13,8-10(3)4)12-11(5)6;1-8(2)7-13-12-11(9(3)4)10(5)6;1-7(2)9(5)13(11,12)10(6)8(3)4;1-7(2)6-12(10,11)9(5)8(3)4/h9-12H,1-8H3;9-12H,1-8H3;9-11H,7-8H2,1-6H3,(H,12,13);8-10H,7H2,1-6H3;7-8H,1-6H3,(H,11,12);7-8H,6H2,1-5H3,(H,10,11). The van der Waals surface area contributed by atoms with Crippen LogP contribution in [0.25, 0.3) is 0 Å². The van der Waals surface area contributed by atoms with E-state index in [-0.39, 0.29) is 24.0 Å². The van der Waals surface area contributed by atoms with Crippen molar-refractivity contribution in [2.24, 2.45) is 51.6 Å². The average molecular weight is 1220 g/mol. The van der Waals surface area contributed by atoms with Gasteiger partial charge in [0.25, 0.3) is 7.52 Å². The van der Waals surface area contributed by atoms with Gasteiger partial charge in [-0.1, -0.05) is 102 Å². The molecule has 0 aliphatic carbocycles. The van der Waals surface area contributed by atoms with Gasteiger partial charge in [0.2, 0.25) is 0 Å². The molecule has 3 N–H and O–H groups in total. The summed E-state index contributed by atoms with van der Waals surface area (Å²) in [6, 6.07) is 4.27. The van der Waals surface area contributed by atoms with Crippen LogP contribution in [0.2, 0.25) is 0 Å². The number of oxime groups is 1. The third-order valence-electron chi connectivity index (χ3n) is 12.4. The lowest BCUT2D eigenvalue weighted by molar-refractivity contribution is -0.118. The fourth-order valence-electron chi connectivity index (χ4n) is 8.92. The molecule has 0 bridgehead atoms. The Balaban J connectivity index is -0.000000209. The van der Waals surface area contributed by atoms with Crippen LogP contribution in [-0.2, 0) is 18.5 Å². The van der Waals surface area contributed by atoms with Gasteiger partial charge in [0, 0.05) is 90.9 Å². The summed E-state index contributed by atoms with van der Waals surface area (Å²) < 4.78 is 40.7. The third kappa shape index (κ3) is 44.4. The maximum absolute atomic E-state index is 12.5. The minimum Gasteiger partial charge on any atom is -0.396 e. The minimum absolute atomic E-state index is 0.0667. The van der Waals surface area contributed by atoms with Crippen LogP contribution in [-0.4, -0.2) is 163 Å². The van der Waals surface area contributed by atoms with E-state index >= 15 is 0 Å². The van der Waals surface area contributed by atoms with E-state index in [4.69, 9.17) is 9.83 Å². The van der Waals surface area contributed by atoms with Crippen molar-refractivity contribution in [1.82, 2.24) is 34.0 Å². The van der Waals surface area contributed by atoms with E-state index in [2.05, 4.69) is 219 Å². The lowest BCUT2D eigenvalue weighted by atomic mass is 9.98. The monoisotopic (exact) mass is 1220 g/mol. The summed E-state index contributed by atoms with van der Waals surface area (Å²) in [4.78, 5) is 31.9. The first-order chi connectivity index (χ1) is 36.2. The molecule has 0 amide bonds. The first kappa shape index (κ1) is 91.5. The number of amidine groups is 1. The molecule has 494 valence electrons. The van der Waals surface area contributed by atoms with Crippen LogP contribution < -0.4 is 5.09 Å². The highest BCUT2D eigenvalue weighted by Crippen LogP contribution is 2.49. The van der Waals surface area contributed by atoms with Gasteiger partial charge in [-0.05, 0) is 209 Å². The second-order valence-electron chi connectivity index (χ2n) is 28.1. The zero-order chi connectivity index (χ0) is 66.2. The zero-order valence-electron chi connectivity index (χ0n) is 61.2. The fraction of sp³-hybridized carbons (Fsp3) is 0.968. The van der Waals surface area contributed by atoms with Crippen molar-refractivity contribution >= 4 is 34.0 Å². The molecule has 0 aromatic heterocycles. The van der Waals surface area contributed by atoms with Gasteiger partial charge < -0.3 is 24.1 Å². The van der Waals surface area contributed by atoms with E-state index in [1.807, 2.05) is 55.4 Å². The number of hydrogen-bond donors (Lipinski definition) is 3. The van der Waals surface area contributed by atoms with Crippen molar-refractivity contribution in [2.45, 2.75) is 316 Å². The highest BCUT2D eigenvalue weighted by Gasteiger charge is 2.33. The Bertz CT molecular complexity index is 1640. The third-order valence-corrected chi connectivity index (χ3v) is 21.3. The van der Waals surface area contributed by atoms with Crippen LogP contribution in [0, 0.1) is 41.4 Å². The lowest BCUT2D eigenvalue weighted by Crippen LogP contribution is -2.56. The van der Waals surface area contributed by atoms with Crippen molar-refractivity contribution in [3.05, 3.63) is 0 Å². The first-order valence-electron chi connectivity index (χ1n) is 31.6. The van der Waals surface area contributed by atoms with Crippen molar-refractivity contribution in [3.63, 3.8) is 0 Å². The minimum atomic E-state index is -3.32. The molecule has 81 heavy (non-hydrogen) atoms. The van der Waals surface area contributed by atoms with Crippen LogP contribution in [0.4, 0.5) is 0 Å². The predicted molar refractivity (Wildman–Crippen MR) is 365 cm³/mol. The van der Waals surface area contributed by atoms with E-state index in [0.29, 0.717) is 96.6 Å². The Morgan fingerprint density at radius 1 is 0.420 bits per heavy atom. The number of hydrogen-bond acceptors (Lipinski definition) is 8. The largest absolute Gasteiger partial charge is 0.396 e. The molecule has 0 aliphatic heterocycles. The zero-order valence-corrected chi connectivity index (χ0v) is 63.9. The van der Waals surface area contributed by atoms with Crippen molar-refractivity contribution in [3.8, 4) is 0 Å². The van der Waals surface area contributed by atoms with E-state index in [0.717, 1.165) is 18.0 Å². The van der Waals surface area contributed by atoms with Crippen molar-refractivity contribution in [1.29, 1.82) is 0 Å². The topological polar surface area (TPSA) is 157 Å². The molecule has 0 heterocycles. The van der Waals surface area contributed by atoms with Crippen LogP contribution in [0.3, 0.4) is 0 Å². The molecular formula is C63H146N9O6P3. The van der Waals surface area contributed by atoms with E-state index in [1.54, 1.807) is 25.8 Å². The molecule has 0 fully saturated rings. The number of aliphatic imine (C=N–C) groups is 1. The molecule has 0 aromatic carbocycles. The second-order valence-corrected chi connectivity index (χ2v) is 35.4.